The number of nitrogens with one attached hydrogen (secondary N) is 1. The van der Waals surface area contributed by atoms with Crippen LogP contribution in [0.25, 0.3) is 0 Å². The van der Waals surface area contributed by atoms with Crippen LogP contribution in [0.3, 0.4) is 0 Å². The van der Waals surface area contributed by atoms with Crippen molar-refractivity contribution in [2.24, 2.45) is 0 Å². The summed E-state index contributed by atoms with van der Waals surface area (Å²) >= 11 is 0. The van der Waals surface area contributed by atoms with Crippen molar-refractivity contribution >= 4 is 11.8 Å². The second-order valence-corrected chi connectivity index (χ2v) is 9.53. The lowest BCUT2D eigenvalue weighted by Gasteiger charge is -2.37. The molecule has 0 radical (unpaired) electrons. The van der Waals surface area contributed by atoms with Crippen LogP contribution in [0.4, 0.5) is 0 Å². The molecule has 7 heteroatoms. The second-order valence-electron chi connectivity index (χ2n) is 9.53. The van der Waals surface area contributed by atoms with Crippen molar-refractivity contribution in [3.8, 4) is 17.2 Å². The van der Waals surface area contributed by atoms with E-state index in [0.717, 1.165) is 22.6 Å². The molecule has 3 atom stereocenters. The Morgan fingerprint density at radius 3 is 2.27 bits per heavy atom. The average Bonchev–Trinajstić information content (AvgIpc) is 2.91. The van der Waals surface area contributed by atoms with Gasteiger partial charge in [0.15, 0.2) is 17.3 Å². The van der Waals surface area contributed by atoms with Crippen LogP contribution < -0.4 is 19.5 Å². The first-order chi connectivity index (χ1) is 17.8. The van der Waals surface area contributed by atoms with Gasteiger partial charge in [-0.25, -0.2) is 4.79 Å². The molecule has 0 spiro atoms. The fourth-order valence-electron chi connectivity index (χ4n) is 5.12. The van der Waals surface area contributed by atoms with Gasteiger partial charge in [0.25, 0.3) is 0 Å². The molecule has 2 aromatic carbocycles. The standard InChI is InChI=1S/C30H35NO6/c1-7-17(2)37-30(33)27-18(3)31-23-14-21(19-8-11-22(34-4)12-9-19)15-24(32)29(23)28(27)20-10-13-25(35-5)26(16-20)36-6/h8-13,16-17,21,28,31H,7,14-15H2,1-6H3/t17-,21-,28-/m1/s1. The lowest BCUT2D eigenvalue weighted by molar-refractivity contribution is -0.144. The fourth-order valence-corrected chi connectivity index (χ4v) is 5.12. The molecule has 0 saturated heterocycles. The summed E-state index contributed by atoms with van der Waals surface area (Å²) in [6.07, 6.45) is 1.46. The Labute approximate surface area is 218 Å². The Morgan fingerprint density at radius 1 is 0.973 bits per heavy atom. The first kappa shape index (κ1) is 26.3. The van der Waals surface area contributed by atoms with Gasteiger partial charge in [-0.05, 0) is 68.0 Å². The first-order valence-electron chi connectivity index (χ1n) is 12.6. The summed E-state index contributed by atoms with van der Waals surface area (Å²) in [7, 11) is 4.78. The topological polar surface area (TPSA) is 83.1 Å². The van der Waals surface area contributed by atoms with Gasteiger partial charge in [0.2, 0.25) is 0 Å². The van der Waals surface area contributed by atoms with E-state index >= 15 is 0 Å². The number of allylic oxidation sites excluding steroid dienone is 3. The lowest BCUT2D eigenvalue weighted by atomic mass is 9.71. The van der Waals surface area contributed by atoms with Crippen molar-refractivity contribution < 1.29 is 28.5 Å². The van der Waals surface area contributed by atoms with Crippen LogP contribution in [-0.4, -0.2) is 39.2 Å². The number of hydrogen-bond acceptors (Lipinski definition) is 7. The van der Waals surface area contributed by atoms with Gasteiger partial charge < -0.3 is 24.3 Å². The number of benzene rings is 2. The van der Waals surface area contributed by atoms with Crippen molar-refractivity contribution in [1.29, 1.82) is 0 Å². The second kappa shape index (κ2) is 11.1. The maximum atomic E-state index is 13.8. The van der Waals surface area contributed by atoms with Crippen LogP contribution in [0, 0.1) is 0 Å². The molecule has 0 unspecified atom stereocenters. The summed E-state index contributed by atoms with van der Waals surface area (Å²) in [6, 6.07) is 13.4. The van der Waals surface area contributed by atoms with E-state index in [4.69, 9.17) is 18.9 Å². The number of Topliss-reactive ketones (excluding diaryl/α,β-unsaturated/α-hetero) is 1. The van der Waals surface area contributed by atoms with Crippen molar-refractivity contribution in [2.45, 2.75) is 58.0 Å². The highest BCUT2D eigenvalue weighted by molar-refractivity contribution is 6.04. The predicted molar refractivity (Wildman–Crippen MR) is 141 cm³/mol. The normalized spacial score (nSPS) is 20.1. The quantitative estimate of drug-likeness (QED) is 0.480. The number of dihydropyridines is 1. The minimum absolute atomic E-state index is 0.00990. The predicted octanol–water partition coefficient (Wildman–Crippen LogP) is 5.42. The van der Waals surface area contributed by atoms with E-state index in [1.807, 2.05) is 57.2 Å². The minimum Gasteiger partial charge on any atom is -0.497 e. The van der Waals surface area contributed by atoms with Crippen LogP contribution in [0.1, 0.15) is 63.0 Å². The number of carbonyl (C=O) groups is 2. The van der Waals surface area contributed by atoms with Gasteiger partial charge in [0.1, 0.15) is 5.75 Å². The number of ether oxygens (including phenoxy) is 4. The molecule has 1 N–H and O–H groups in total. The SMILES string of the molecule is CC[C@@H](C)OC(=O)C1=C(C)NC2=C(C(=O)C[C@H](c3ccc(OC)cc3)C2)[C@@H]1c1ccc(OC)c(OC)c1. The Kier molecular flexibility index (Phi) is 7.91. The molecule has 7 nitrogen and oxygen atoms in total. The summed E-state index contributed by atoms with van der Waals surface area (Å²) < 4.78 is 22.0. The molecule has 0 amide bonds. The molecular formula is C30H35NO6. The van der Waals surface area contributed by atoms with Crippen molar-refractivity contribution in [3.05, 3.63) is 76.1 Å². The highest BCUT2D eigenvalue weighted by Gasteiger charge is 2.42. The molecule has 1 aliphatic heterocycles. The van der Waals surface area contributed by atoms with Gasteiger partial charge in [-0.3, -0.25) is 4.79 Å². The zero-order valence-electron chi connectivity index (χ0n) is 22.3. The molecule has 1 heterocycles. The highest BCUT2D eigenvalue weighted by Crippen LogP contribution is 2.47. The minimum atomic E-state index is -0.572. The Morgan fingerprint density at radius 2 is 1.65 bits per heavy atom. The molecule has 0 aromatic heterocycles. The largest absolute Gasteiger partial charge is 0.497 e. The third kappa shape index (κ3) is 5.22. The Balaban J connectivity index is 1.79. The smallest absolute Gasteiger partial charge is 0.337 e. The molecule has 0 fully saturated rings. The lowest BCUT2D eigenvalue weighted by Crippen LogP contribution is -2.36. The molecule has 37 heavy (non-hydrogen) atoms. The van der Waals surface area contributed by atoms with E-state index in [-0.39, 0.29) is 17.8 Å². The van der Waals surface area contributed by atoms with Gasteiger partial charge in [-0.1, -0.05) is 25.1 Å². The molecule has 0 saturated carbocycles. The van der Waals surface area contributed by atoms with E-state index in [2.05, 4.69) is 5.32 Å². The molecule has 0 bridgehead atoms. The van der Waals surface area contributed by atoms with Crippen LogP contribution in [0.2, 0.25) is 0 Å². The molecule has 2 aliphatic rings. The molecular weight excluding hydrogens is 470 g/mol. The number of methoxy groups -OCH3 is 3. The Hall–Kier alpha value is -3.74. The highest BCUT2D eigenvalue weighted by atomic mass is 16.5. The molecule has 1 aliphatic carbocycles. The van der Waals surface area contributed by atoms with Gasteiger partial charge >= 0.3 is 5.97 Å². The summed E-state index contributed by atoms with van der Waals surface area (Å²) in [4.78, 5) is 27.2. The summed E-state index contributed by atoms with van der Waals surface area (Å²) in [5.74, 6) is 0.930. The van der Waals surface area contributed by atoms with Gasteiger partial charge in [-0.15, -0.1) is 0 Å². The fraction of sp³-hybridized carbons (Fsp3) is 0.400. The molecule has 196 valence electrons. The van der Waals surface area contributed by atoms with E-state index < -0.39 is 11.9 Å². The average molecular weight is 506 g/mol. The van der Waals surface area contributed by atoms with Gasteiger partial charge in [0, 0.05) is 29.3 Å². The van der Waals surface area contributed by atoms with Gasteiger partial charge in [0.05, 0.1) is 33.0 Å². The van der Waals surface area contributed by atoms with Crippen LogP contribution >= 0.6 is 0 Å². The first-order valence-corrected chi connectivity index (χ1v) is 12.6. The number of rotatable bonds is 8. The summed E-state index contributed by atoms with van der Waals surface area (Å²) in [5.41, 5.74) is 4.44. The summed E-state index contributed by atoms with van der Waals surface area (Å²) in [5, 5.41) is 3.40. The molecule has 4 rings (SSSR count). The van der Waals surface area contributed by atoms with Crippen molar-refractivity contribution in [3.63, 3.8) is 0 Å². The third-order valence-electron chi connectivity index (χ3n) is 7.26. The van der Waals surface area contributed by atoms with Crippen molar-refractivity contribution in [2.75, 3.05) is 21.3 Å². The maximum Gasteiger partial charge on any atom is 0.337 e. The molecule has 2 aromatic rings. The van der Waals surface area contributed by atoms with Crippen LogP contribution in [0.15, 0.2) is 65.0 Å². The Bertz CT molecular complexity index is 1240. The van der Waals surface area contributed by atoms with Crippen LogP contribution in [-0.2, 0) is 14.3 Å². The van der Waals surface area contributed by atoms with E-state index in [0.29, 0.717) is 47.6 Å². The number of ketones is 1. The third-order valence-corrected chi connectivity index (χ3v) is 7.26. The van der Waals surface area contributed by atoms with E-state index in [1.165, 1.54) is 0 Å². The maximum absolute atomic E-state index is 13.8. The van der Waals surface area contributed by atoms with E-state index in [1.54, 1.807) is 27.4 Å². The van der Waals surface area contributed by atoms with Gasteiger partial charge in [-0.2, -0.15) is 0 Å². The number of hydrogen-bond donors (Lipinski definition) is 1. The van der Waals surface area contributed by atoms with E-state index in [9.17, 15) is 9.59 Å². The zero-order valence-corrected chi connectivity index (χ0v) is 22.3. The van der Waals surface area contributed by atoms with Crippen LogP contribution in [0.5, 0.6) is 17.2 Å². The summed E-state index contributed by atoms with van der Waals surface area (Å²) in [6.45, 7) is 5.70. The number of esters is 1. The number of carbonyl (C=O) groups excluding carboxylic acids is 2. The zero-order chi connectivity index (χ0) is 26.7. The monoisotopic (exact) mass is 505 g/mol. The van der Waals surface area contributed by atoms with Crippen molar-refractivity contribution in [1.82, 2.24) is 5.32 Å².